The Balaban J connectivity index is 1.54. The molecule has 0 fully saturated rings. The highest BCUT2D eigenvalue weighted by Gasteiger charge is 2.27. The molecule has 0 bridgehead atoms. The Morgan fingerprint density at radius 1 is 0.923 bits per heavy atom. The van der Waals surface area contributed by atoms with Crippen LogP contribution in [-0.4, -0.2) is 15.9 Å². The Bertz CT molecular complexity index is 1530. The highest BCUT2D eigenvalue weighted by atomic mass is 35.5. The maximum atomic E-state index is 13.0. The number of hydrogen-bond donors (Lipinski definition) is 1. The quantitative estimate of drug-likeness (QED) is 0.232. The molecule has 5 nitrogen and oxygen atoms in total. The van der Waals surface area contributed by atoms with Crippen molar-refractivity contribution in [2.45, 2.75) is 38.6 Å². The van der Waals surface area contributed by atoms with Crippen LogP contribution in [-0.2, 0) is 6.42 Å². The van der Waals surface area contributed by atoms with Crippen LogP contribution >= 0.6 is 46.4 Å². The van der Waals surface area contributed by atoms with Crippen LogP contribution in [0, 0.1) is 0 Å². The average Bonchev–Trinajstić information content (AvgIpc) is 3.10. The molecule has 1 aliphatic carbocycles. The van der Waals surface area contributed by atoms with Crippen molar-refractivity contribution in [2.75, 3.05) is 0 Å². The molecule has 200 valence electrons. The fraction of sp³-hybridized carbons (Fsp3) is 0.200. The van der Waals surface area contributed by atoms with Gasteiger partial charge in [0.25, 0.3) is 0 Å². The largest absolute Gasteiger partial charge is 0.414 e. The van der Waals surface area contributed by atoms with Gasteiger partial charge >= 0.3 is 6.09 Å². The average molecular weight is 601 g/mol. The first-order valence-electron chi connectivity index (χ1n) is 12.6. The summed E-state index contributed by atoms with van der Waals surface area (Å²) < 4.78 is 7.60. The molecule has 3 aromatic carbocycles. The third-order valence-corrected chi connectivity index (χ3v) is 7.66. The van der Waals surface area contributed by atoms with E-state index in [1.807, 2.05) is 49.4 Å². The topological polar surface area (TPSA) is 56.1 Å². The number of fused-ring (bicyclic) bond motifs is 1. The Morgan fingerprint density at radius 2 is 1.56 bits per heavy atom. The van der Waals surface area contributed by atoms with Crippen molar-refractivity contribution >= 4 is 64.1 Å². The van der Waals surface area contributed by atoms with Crippen molar-refractivity contribution in [2.24, 2.45) is 0 Å². The van der Waals surface area contributed by atoms with Crippen LogP contribution in [0.25, 0.3) is 17.3 Å². The van der Waals surface area contributed by atoms with Gasteiger partial charge in [0.15, 0.2) is 0 Å². The number of nitrogens with one attached hydrogen (secondary N) is 1. The molecule has 1 aromatic heterocycles. The molecule has 0 saturated carbocycles. The molecule has 1 amide bonds. The monoisotopic (exact) mass is 599 g/mol. The van der Waals surface area contributed by atoms with E-state index in [2.05, 4.69) is 11.4 Å². The van der Waals surface area contributed by atoms with Gasteiger partial charge in [-0.3, -0.25) is 0 Å². The highest BCUT2D eigenvalue weighted by molar-refractivity contribution is 6.35. The summed E-state index contributed by atoms with van der Waals surface area (Å²) in [6, 6.07) is 19.9. The standard InChI is InChI=1S/C30H25Cl4N3O2/c1-18(20-8-12-23(32)13-9-20)35-30(38)39-29-25-5-3-2-4-21(16-19-6-10-22(31)11-7-19)28(25)37(36-29)27-15-14-24(33)17-26(27)34/h6-18H,2-5H2,1H3,(H,35,38)/b21-16+. The molecule has 1 atom stereocenters. The number of rotatable bonds is 5. The van der Waals surface area contributed by atoms with Crippen molar-refractivity contribution in [3.05, 3.63) is 109 Å². The predicted octanol–water partition coefficient (Wildman–Crippen LogP) is 9.60. The van der Waals surface area contributed by atoms with Crippen molar-refractivity contribution in [3.63, 3.8) is 0 Å². The molecule has 0 saturated heterocycles. The maximum absolute atomic E-state index is 13.0. The van der Waals surface area contributed by atoms with Crippen LogP contribution < -0.4 is 10.1 Å². The van der Waals surface area contributed by atoms with E-state index in [1.54, 1.807) is 28.9 Å². The van der Waals surface area contributed by atoms with Crippen LogP contribution in [0.5, 0.6) is 5.88 Å². The normalized spacial score (nSPS) is 14.9. The summed E-state index contributed by atoms with van der Waals surface area (Å²) in [4.78, 5) is 13.0. The summed E-state index contributed by atoms with van der Waals surface area (Å²) in [5, 5.41) is 9.91. The number of carbonyl (C=O) groups is 1. The first kappa shape index (κ1) is 27.6. The minimum Gasteiger partial charge on any atom is -0.389 e. The lowest BCUT2D eigenvalue weighted by molar-refractivity contribution is 0.194. The maximum Gasteiger partial charge on any atom is 0.414 e. The number of allylic oxidation sites excluding steroid dienone is 1. The second-order valence-electron chi connectivity index (χ2n) is 9.38. The summed E-state index contributed by atoms with van der Waals surface area (Å²) >= 11 is 24.9. The van der Waals surface area contributed by atoms with Gasteiger partial charge < -0.3 is 10.1 Å². The number of aromatic nitrogens is 2. The minimum absolute atomic E-state index is 0.251. The first-order valence-corrected chi connectivity index (χ1v) is 14.1. The Hall–Kier alpha value is -2.96. The second kappa shape index (κ2) is 12.1. The van der Waals surface area contributed by atoms with Gasteiger partial charge in [-0.1, -0.05) is 70.7 Å². The van der Waals surface area contributed by atoms with E-state index >= 15 is 0 Å². The lowest BCUT2D eigenvalue weighted by Gasteiger charge is -2.14. The predicted molar refractivity (Wildman–Crippen MR) is 159 cm³/mol. The van der Waals surface area contributed by atoms with E-state index in [9.17, 15) is 4.79 Å². The summed E-state index contributed by atoms with van der Waals surface area (Å²) in [6.45, 7) is 1.88. The number of amides is 1. The SMILES string of the molecule is CC(NC(=O)Oc1nn(-c2ccc(Cl)cc2Cl)c2c1CCCC/C2=C\c1ccc(Cl)cc1)c1ccc(Cl)cc1. The Kier molecular flexibility index (Phi) is 8.53. The first-order chi connectivity index (χ1) is 18.8. The summed E-state index contributed by atoms with van der Waals surface area (Å²) in [5.74, 6) is 0.251. The van der Waals surface area contributed by atoms with E-state index in [4.69, 9.17) is 56.2 Å². The molecular weight excluding hydrogens is 576 g/mol. The van der Waals surface area contributed by atoms with Gasteiger partial charge in [-0.2, -0.15) is 0 Å². The van der Waals surface area contributed by atoms with Gasteiger partial charge in [-0.15, -0.1) is 5.10 Å². The van der Waals surface area contributed by atoms with Gasteiger partial charge in [0, 0.05) is 20.6 Å². The number of halogens is 4. The second-order valence-corrected chi connectivity index (χ2v) is 11.1. The van der Waals surface area contributed by atoms with Gasteiger partial charge in [0.2, 0.25) is 5.88 Å². The smallest absolute Gasteiger partial charge is 0.389 e. The summed E-state index contributed by atoms with van der Waals surface area (Å²) in [5.41, 5.74) is 5.34. The molecule has 0 aliphatic heterocycles. The Labute approximate surface area is 247 Å². The van der Waals surface area contributed by atoms with Crippen molar-refractivity contribution in [1.82, 2.24) is 15.1 Å². The molecular formula is C30H25Cl4N3O2. The van der Waals surface area contributed by atoms with E-state index < -0.39 is 6.09 Å². The zero-order valence-corrected chi connectivity index (χ0v) is 24.1. The van der Waals surface area contributed by atoms with E-state index in [0.29, 0.717) is 32.2 Å². The third kappa shape index (κ3) is 6.44. The number of carbonyl (C=O) groups excluding carboxylic acids is 1. The van der Waals surface area contributed by atoms with E-state index in [-0.39, 0.29) is 11.9 Å². The number of benzene rings is 3. The molecule has 0 spiro atoms. The molecule has 5 rings (SSSR count). The van der Waals surface area contributed by atoms with Crippen LogP contribution in [0.2, 0.25) is 20.1 Å². The van der Waals surface area contributed by atoms with Crippen molar-refractivity contribution < 1.29 is 9.53 Å². The lowest BCUT2D eigenvalue weighted by atomic mass is 10.0. The number of ether oxygens (including phenoxy) is 1. The summed E-state index contributed by atoms with van der Waals surface area (Å²) in [7, 11) is 0. The molecule has 39 heavy (non-hydrogen) atoms. The van der Waals surface area contributed by atoms with Crippen LogP contribution in [0.4, 0.5) is 4.79 Å². The van der Waals surface area contributed by atoms with Crippen LogP contribution in [0.1, 0.15) is 54.6 Å². The van der Waals surface area contributed by atoms with Crippen LogP contribution in [0.15, 0.2) is 66.7 Å². The molecule has 1 heterocycles. The van der Waals surface area contributed by atoms with Gasteiger partial charge in [0.05, 0.1) is 22.4 Å². The van der Waals surface area contributed by atoms with E-state index in [1.165, 1.54) is 0 Å². The molecule has 1 unspecified atom stereocenters. The van der Waals surface area contributed by atoms with Crippen molar-refractivity contribution in [3.8, 4) is 11.6 Å². The molecule has 9 heteroatoms. The number of hydrogen-bond acceptors (Lipinski definition) is 3. The fourth-order valence-corrected chi connectivity index (χ4v) is 5.40. The zero-order chi connectivity index (χ0) is 27.5. The molecule has 1 aliphatic rings. The van der Waals surface area contributed by atoms with Gasteiger partial charge in [0.1, 0.15) is 0 Å². The minimum atomic E-state index is -0.598. The van der Waals surface area contributed by atoms with Crippen molar-refractivity contribution in [1.29, 1.82) is 0 Å². The molecule has 0 radical (unpaired) electrons. The van der Waals surface area contributed by atoms with E-state index in [0.717, 1.165) is 47.2 Å². The molecule has 4 aromatic rings. The van der Waals surface area contributed by atoms with Crippen LogP contribution in [0.3, 0.4) is 0 Å². The zero-order valence-electron chi connectivity index (χ0n) is 21.1. The Morgan fingerprint density at radius 3 is 2.26 bits per heavy atom. The van der Waals surface area contributed by atoms with Gasteiger partial charge in [-0.25, -0.2) is 9.48 Å². The lowest BCUT2D eigenvalue weighted by Crippen LogP contribution is -2.30. The fourth-order valence-electron chi connectivity index (χ4n) is 4.66. The third-order valence-electron chi connectivity index (χ3n) is 6.62. The molecule has 1 N–H and O–H groups in total. The number of nitrogens with zero attached hydrogens (tertiary/aromatic N) is 2. The van der Waals surface area contributed by atoms with Gasteiger partial charge in [-0.05, 0) is 97.8 Å². The highest BCUT2D eigenvalue weighted by Crippen LogP contribution is 2.39. The summed E-state index contributed by atoms with van der Waals surface area (Å²) in [6.07, 6.45) is 4.94.